The molecule has 0 saturated carbocycles. The predicted octanol–water partition coefficient (Wildman–Crippen LogP) is 4.98. The molecule has 0 heterocycles. The summed E-state index contributed by atoms with van der Waals surface area (Å²) in [6, 6.07) is 17.7. The second-order valence-corrected chi connectivity index (χ2v) is 6.65. The van der Waals surface area contributed by atoms with Crippen LogP contribution in [0.15, 0.2) is 54.6 Å². The molecule has 0 amide bonds. The third-order valence-electron chi connectivity index (χ3n) is 2.97. The number of hydrogen-bond donors (Lipinski definition) is 0. The molecule has 0 aliphatic heterocycles. The van der Waals surface area contributed by atoms with Crippen molar-refractivity contribution in [3.05, 3.63) is 60.2 Å². The molecular weight excluding hydrogens is 312 g/mol. The first-order chi connectivity index (χ1) is 10.6. The topological polar surface area (TPSA) is 26.3 Å². The summed E-state index contributed by atoms with van der Waals surface area (Å²) in [7, 11) is 0. The van der Waals surface area contributed by atoms with Crippen LogP contribution in [0, 0.1) is 0 Å². The van der Waals surface area contributed by atoms with Gasteiger partial charge >= 0.3 is 0 Å². The zero-order valence-corrected chi connectivity index (χ0v) is 14.2. The van der Waals surface area contributed by atoms with Crippen molar-refractivity contribution >= 4 is 34.1 Å². The smallest absolute Gasteiger partial charge is 0.220 e. The Kier molecular flexibility index (Phi) is 6.16. The molecule has 2 aromatic rings. The Hall–Kier alpha value is -1.65. The van der Waals surface area contributed by atoms with Crippen LogP contribution in [-0.2, 0) is 4.74 Å². The van der Waals surface area contributed by atoms with E-state index in [0.717, 1.165) is 11.1 Å². The molecule has 0 saturated heterocycles. The van der Waals surface area contributed by atoms with Gasteiger partial charge in [-0.1, -0.05) is 66.4 Å². The van der Waals surface area contributed by atoms with Crippen LogP contribution < -0.4 is 0 Å². The number of hydrogen-bond acceptors (Lipinski definition) is 4. The van der Waals surface area contributed by atoms with Crippen molar-refractivity contribution in [1.29, 1.82) is 0 Å². The van der Waals surface area contributed by atoms with Gasteiger partial charge < -0.3 is 4.74 Å². The number of thiocarbonyl (C=S) groups is 1. The molecule has 0 aliphatic rings. The summed E-state index contributed by atoms with van der Waals surface area (Å²) in [5.41, 5.74) is 2.94. The van der Waals surface area contributed by atoms with Gasteiger partial charge in [-0.05, 0) is 37.2 Å². The third-order valence-corrected chi connectivity index (χ3v) is 4.16. The number of rotatable bonds is 5. The SMILES string of the molecule is CC(C)OC(=S)SCC(=O)c1ccc(-c2ccccc2)cc1. The van der Waals surface area contributed by atoms with Crippen molar-refractivity contribution in [2.45, 2.75) is 20.0 Å². The number of carbonyl (C=O) groups is 1. The molecule has 2 rings (SSSR count). The Morgan fingerprint density at radius 1 is 1.05 bits per heavy atom. The van der Waals surface area contributed by atoms with Gasteiger partial charge in [-0.2, -0.15) is 0 Å². The molecule has 0 unspecified atom stereocenters. The molecule has 0 aromatic heterocycles. The van der Waals surface area contributed by atoms with E-state index >= 15 is 0 Å². The zero-order chi connectivity index (χ0) is 15.9. The first-order valence-electron chi connectivity index (χ1n) is 7.08. The molecule has 0 spiro atoms. The number of ketones is 1. The minimum atomic E-state index is 0.0419. The minimum absolute atomic E-state index is 0.0419. The summed E-state index contributed by atoms with van der Waals surface area (Å²) in [5, 5.41) is 0. The highest BCUT2D eigenvalue weighted by molar-refractivity contribution is 8.23. The number of carbonyl (C=O) groups excluding carboxylic acids is 1. The van der Waals surface area contributed by atoms with Gasteiger partial charge in [0.2, 0.25) is 4.38 Å². The van der Waals surface area contributed by atoms with E-state index in [1.807, 2.05) is 68.4 Å². The molecule has 0 atom stereocenters. The van der Waals surface area contributed by atoms with Gasteiger partial charge in [-0.3, -0.25) is 4.79 Å². The fraction of sp³-hybridized carbons (Fsp3) is 0.222. The van der Waals surface area contributed by atoms with Crippen molar-refractivity contribution in [1.82, 2.24) is 0 Å². The number of benzene rings is 2. The fourth-order valence-corrected chi connectivity index (χ4v) is 2.96. The van der Waals surface area contributed by atoms with Crippen molar-refractivity contribution in [3.63, 3.8) is 0 Å². The van der Waals surface area contributed by atoms with E-state index in [0.29, 0.717) is 15.7 Å². The van der Waals surface area contributed by atoms with Gasteiger partial charge in [0, 0.05) is 5.56 Å². The number of Topliss-reactive ketones (excluding diaryl/α,β-unsaturated/α-hetero) is 1. The summed E-state index contributed by atoms with van der Waals surface area (Å²) >= 11 is 6.34. The van der Waals surface area contributed by atoms with E-state index in [1.165, 1.54) is 11.8 Å². The van der Waals surface area contributed by atoms with Crippen molar-refractivity contribution in [2.24, 2.45) is 0 Å². The first kappa shape index (κ1) is 16.7. The van der Waals surface area contributed by atoms with Crippen LogP contribution in [0.1, 0.15) is 24.2 Å². The maximum Gasteiger partial charge on any atom is 0.220 e. The Balaban J connectivity index is 1.95. The predicted molar refractivity (Wildman–Crippen MR) is 97.5 cm³/mol. The van der Waals surface area contributed by atoms with E-state index < -0.39 is 0 Å². The van der Waals surface area contributed by atoms with Crippen molar-refractivity contribution in [3.8, 4) is 11.1 Å². The van der Waals surface area contributed by atoms with Crippen LogP contribution in [-0.4, -0.2) is 22.0 Å². The van der Waals surface area contributed by atoms with Crippen molar-refractivity contribution in [2.75, 3.05) is 5.75 Å². The highest BCUT2D eigenvalue weighted by Gasteiger charge is 2.10. The third kappa shape index (κ3) is 4.97. The number of ether oxygens (including phenoxy) is 1. The molecule has 4 heteroatoms. The normalized spacial score (nSPS) is 10.5. The lowest BCUT2D eigenvalue weighted by Gasteiger charge is -2.09. The van der Waals surface area contributed by atoms with E-state index in [1.54, 1.807) is 0 Å². The molecule has 114 valence electrons. The summed E-state index contributed by atoms with van der Waals surface area (Å²) in [6.07, 6.45) is 0.0419. The molecule has 2 nitrogen and oxygen atoms in total. The molecule has 0 N–H and O–H groups in total. The van der Waals surface area contributed by atoms with Crippen LogP contribution in [0.3, 0.4) is 0 Å². The van der Waals surface area contributed by atoms with Crippen LogP contribution in [0.5, 0.6) is 0 Å². The highest BCUT2D eigenvalue weighted by atomic mass is 32.2. The largest absolute Gasteiger partial charge is 0.476 e. The van der Waals surface area contributed by atoms with E-state index in [4.69, 9.17) is 17.0 Å². The Labute approximate surface area is 140 Å². The zero-order valence-electron chi connectivity index (χ0n) is 12.6. The Morgan fingerprint density at radius 2 is 1.64 bits per heavy atom. The van der Waals surface area contributed by atoms with Crippen molar-refractivity contribution < 1.29 is 9.53 Å². The summed E-state index contributed by atoms with van der Waals surface area (Å²) in [5.74, 6) is 0.357. The Bertz CT molecular complexity index is 634. The maximum atomic E-state index is 12.1. The molecule has 0 bridgehead atoms. The monoisotopic (exact) mass is 330 g/mol. The highest BCUT2D eigenvalue weighted by Crippen LogP contribution is 2.20. The molecular formula is C18H18O2S2. The first-order valence-corrected chi connectivity index (χ1v) is 8.48. The summed E-state index contributed by atoms with van der Waals surface area (Å²) < 4.78 is 5.78. The minimum Gasteiger partial charge on any atom is -0.476 e. The average molecular weight is 330 g/mol. The molecule has 0 fully saturated rings. The van der Waals surface area contributed by atoms with Gasteiger partial charge in [-0.15, -0.1) is 0 Å². The molecule has 0 radical (unpaired) electrons. The van der Waals surface area contributed by atoms with Crippen LogP contribution in [0.4, 0.5) is 0 Å². The van der Waals surface area contributed by atoms with E-state index in [-0.39, 0.29) is 11.9 Å². The molecule has 22 heavy (non-hydrogen) atoms. The molecule has 2 aromatic carbocycles. The maximum absolute atomic E-state index is 12.1. The second-order valence-electron chi connectivity index (χ2n) is 5.07. The lowest BCUT2D eigenvalue weighted by atomic mass is 10.0. The fourth-order valence-electron chi connectivity index (χ4n) is 1.91. The molecule has 0 aliphatic carbocycles. The van der Waals surface area contributed by atoms with Gasteiger partial charge in [0.1, 0.15) is 0 Å². The van der Waals surface area contributed by atoms with E-state index in [9.17, 15) is 4.79 Å². The van der Waals surface area contributed by atoms with Crippen LogP contribution in [0.2, 0.25) is 0 Å². The second kappa shape index (κ2) is 8.11. The Morgan fingerprint density at radius 3 is 2.23 bits per heavy atom. The average Bonchev–Trinajstić information content (AvgIpc) is 2.53. The lowest BCUT2D eigenvalue weighted by Crippen LogP contribution is -2.10. The number of thioether (sulfide) groups is 1. The standard InChI is InChI=1S/C18H18O2S2/c1-13(2)20-18(21)22-12-17(19)16-10-8-15(9-11-16)14-6-4-3-5-7-14/h3-11,13H,12H2,1-2H3. The van der Waals surface area contributed by atoms with Gasteiger partial charge in [0.05, 0.1) is 11.9 Å². The van der Waals surface area contributed by atoms with Gasteiger partial charge in [0.15, 0.2) is 5.78 Å². The van der Waals surface area contributed by atoms with Gasteiger partial charge in [-0.25, -0.2) is 0 Å². The summed E-state index contributed by atoms with van der Waals surface area (Å²) in [6.45, 7) is 3.83. The van der Waals surface area contributed by atoms with E-state index in [2.05, 4.69) is 0 Å². The summed E-state index contributed by atoms with van der Waals surface area (Å²) in [4.78, 5) is 12.1. The lowest BCUT2D eigenvalue weighted by molar-refractivity contribution is 0.102. The van der Waals surface area contributed by atoms with Crippen LogP contribution in [0.25, 0.3) is 11.1 Å². The quantitative estimate of drug-likeness (QED) is 0.570. The van der Waals surface area contributed by atoms with Gasteiger partial charge in [0.25, 0.3) is 0 Å². The van der Waals surface area contributed by atoms with Crippen LogP contribution >= 0.6 is 24.0 Å².